The zero-order valence-corrected chi connectivity index (χ0v) is 11.6. The van der Waals surface area contributed by atoms with Crippen LogP contribution in [0.15, 0.2) is 0 Å². The van der Waals surface area contributed by atoms with E-state index in [-0.39, 0.29) is 11.6 Å². The van der Waals surface area contributed by atoms with Crippen LogP contribution in [-0.2, 0) is 14.3 Å². The molecule has 17 heavy (non-hydrogen) atoms. The highest BCUT2D eigenvalue weighted by Gasteiger charge is 2.40. The van der Waals surface area contributed by atoms with Crippen molar-refractivity contribution >= 4 is 5.97 Å². The molecule has 1 aliphatic rings. The van der Waals surface area contributed by atoms with Gasteiger partial charge in [-0.2, -0.15) is 0 Å². The Kier molecular flexibility index (Phi) is 4.55. The van der Waals surface area contributed by atoms with Gasteiger partial charge in [0.05, 0.1) is 18.8 Å². The highest BCUT2D eigenvalue weighted by molar-refractivity contribution is 5.80. The molecule has 0 aromatic rings. The Bertz CT molecular complexity index is 268. The van der Waals surface area contributed by atoms with E-state index in [2.05, 4.69) is 5.32 Å². The molecule has 1 N–H and O–H groups in total. The van der Waals surface area contributed by atoms with Crippen molar-refractivity contribution in [3.63, 3.8) is 0 Å². The molecule has 4 heteroatoms. The van der Waals surface area contributed by atoms with Gasteiger partial charge in [-0.25, -0.2) is 4.79 Å². The third-order valence-corrected chi connectivity index (χ3v) is 2.62. The number of ether oxygens (including phenoxy) is 2. The lowest BCUT2D eigenvalue weighted by molar-refractivity contribution is -0.155. The molecule has 0 aromatic carbocycles. The lowest BCUT2D eigenvalue weighted by Gasteiger charge is -2.32. The van der Waals surface area contributed by atoms with Gasteiger partial charge in [-0.1, -0.05) is 0 Å². The van der Waals surface area contributed by atoms with Gasteiger partial charge in [0.2, 0.25) is 0 Å². The van der Waals surface area contributed by atoms with E-state index >= 15 is 0 Å². The molecule has 0 saturated heterocycles. The summed E-state index contributed by atoms with van der Waals surface area (Å²) >= 11 is 0. The van der Waals surface area contributed by atoms with Crippen molar-refractivity contribution < 1.29 is 14.3 Å². The zero-order valence-electron chi connectivity index (χ0n) is 11.6. The van der Waals surface area contributed by atoms with Crippen molar-refractivity contribution in [2.24, 2.45) is 0 Å². The Labute approximate surface area is 104 Å². The molecule has 0 amide bonds. The molecule has 4 nitrogen and oxygen atoms in total. The van der Waals surface area contributed by atoms with E-state index in [0.29, 0.717) is 19.3 Å². The Balaban J connectivity index is 2.59. The van der Waals surface area contributed by atoms with Crippen LogP contribution in [0.25, 0.3) is 0 Å². The van der Waals surface area contributed by atoms with E-state index in [1.807, 2.05) is 34.6 Å². The summed E-state index contributed by atoms with van der Waals surface area (Å²) in [5.74, 6) is -0.226. The van der Waals surface area contributed by atoms with Crippen LogP contribution in [0.5, 0.6) is 0 Å². The quantitative estimate of drug-likeness (QED) is 0.724. The topological polar surface area (TPSA) is 47.6 Å². The van der Waals surface area contributed by atoms with Gasteiger partial charge >= 0.3 is 5.97 Å². The maximum absolute atomic E-state index is 12.0. The predicted molar refractivity (Wildman–Crippen MR) is 66.9 cm³/mol. The summed E-state index contributed by atoms with van der Waals surface area (Å²) in [6.45, 7) is 10.4. The fourth-order valence-electron chi connectivity index (χ4n) is 1.49. The number of carbonyl (C=O) groups is 1. The van der Waals surface area contributed by atoms with E-state index in [1.165, 1.54) is 0 Å². The number of hydrogen-bond acceptors (Lipinski definition) is 4. The van der Waals surface area contributed by atoms with Gasteiger partial charge in [0, 0.05) is 6.04 Å². The van der Waals surface area contributed by atoms with Gasteiger partial charge in [-0.3, -0.25) is 5.32 Å². The first kappa shape index (κ1) is 14.5. The van der Waals surface area contributed by atoms with Crippen LogP contribution >= 0.6 is 0 Å². The van der Waals surface area contributed by atoms with Crippen molar-refractivity contribution in [2.75, 3.05) is 13.2 Å². The van der Waals surface area contributed by atoms with Crippen LogP contribution in [-0.4, -0.2) is 36.4 Å². The Morgan fingerprint density at radius 2 is 1.88 bits per heavy atom. The van der Waals surface area contributed by atoms with Crippen molar-refractivity contribution in [1.29, 1.82) is 0 Å². The number of rotatable bonds is 6. The third-order valence-electron chi connectivity index (χ3n) is 2.62. The van der Waals surface area contributed by atoms with Crippen LogP contribution in [0.1, 0.15) is 47.5 Å². The van der Waals surface area contributed by atoms with Crippen LogP contribution in [0.4, 0.5) is 0 Å². The molecule has 0 spiro atoms. The molecule has 1 aliphatic carbocycles. The van der Waals surface area contributed by atoms with Gasteiger partial charge in [0.1, 0.15) is 5.54 Å². The van der Waals surface area contributed by atoms with Crippen molar-refractivity contribution in [3.8, 4) is 0 Å². The second-order valence-corrected chi connectivity index (χ2v) is 5.87. The lowest BCUT2D eigenvalue weighted by Crippen LogP contribution is -2.55. The molecule has 0 heterocycles. The number of hydrogen-bond donors (Lipinski definition) is 1. The normalized spacial score (nSPS) is 19.8. The SMILES string of the molecule is CCOC(=O)C(C)(COC(C)(C)C)NC1CC1. The molecule has 100 valence electrons. The summed E-state index contributed by atoms with van der Waals surface area (Å²) in [5, 5.41) is 3.32. The van der Waals surface area contributed by atoms with E-state index in [1.54, 1.807) is 0 Å². The Hall–Kier alpha value is -0.610. The second kappa shape index (κ2) is 5.36. The summed E-state index contributed by atoms with van der Waals surface area (Å²) in [6, 6.07) is 0.438. The fourth-order valence-corrected chi connectivity index (χ4v) is 1.49. The number of carbonyl (C=O) groups excluding carboxylic acids is 1. The van der Waals surface area contributed by atoms with Gasteiger partial charge in [-0.05, 0) is 47.5 Å². The maximum atomic E-state index is 12.0. The van der Waals surface area contributed by atoms with Crippen LogP contribution in [0.2, 0.25) is 0 Å². The second-order valence-electron chi connectivity index (χ2n) is 5.87. The number of nitrogens with one attached hydrogen (secondary N) is 1. The zero-order chi connectivity index (χ0) is 13.1. The van der Waals surface area contributed by atoms with Gasteiger partial charge in [0.25, 0.3) is 0 Å². The minimum Gasteiger partial charge on any atom is -0.465 e. The molecular weight excluding hydrogens is 218 g/mol. The van der Waals surface area contributed by atoms with Crippen molar-refractivity contribution in [2.45, 2.75) is 64.6 Å². The standard InChI is InChI=1S/C13H25NO3/c1-6-16-11(15)13(5,14-10-7-8-10)9-17-12(2,3)4/h10,14H,6-9H2,1-5H3. The average molecular weight is 243 g/mol. The predicted octanol–water partition coefficient (Wildman–Crippen LogP) is 1.88. The minimum absolute atomic E-state index is 0.226. The van der Waals surface area contributed by atoms with Crippen LogP contribution in [0.3, 0.4) is 0 Å². The Morgan fingerprint density at radius 1 is 1.29 bits per heavy atom. The van der Waals surface area contributed by atoms with Gasteiger partial charge in [0.15, 0.2) is 0 Å². The first-order valence-electron chi connectivity index (χ1n) is 6.36. The lowest BCUT2D eigenvalue weighted by atomic mass is 10.0. The van der Waals surface area contributed by atoms with Crippen LogP contribution < -0.4 is 5.32 Å². The Morgan fingerprint density at radius 3 is 2.29 bits per heavy atom. The third kappa shape index (κ3) is 5.04. The highest BCUT2D eigenvalue weighted by atomic mass is 16.5. The largest absolute Gasteiger partial charge is 0.465 e. The molecule has 0 radical (unpaired) electrons. The minimum atomic E-state index is -0.732. The average Bonchev–Trinajstić information content (AvgIpc) is 2.98. The van der Waals surface area contributed by atoms with E-state index in [4.69, 9.17) is 9.47 Å². The number of esters is 1. The molecule has 1 atom stereocenters. The van der Waals surface area contributed by atoms with Crippen molar-refractivity contribution in [1.82, 2.24) is 5.32 Å². The molecule has 1 unspecified atom stereocenters. The molecule has 0 aromatic heterocycles. The molecule has 0 bridgehead atoms. The highest BCUT2D eigenvalue weighted by Crippen LogP contribution is 2.24. The summed E-state index contributed by atoms with van der Waals surface area (Å²) in [5.41, 5.74) is -0.983. The van der Waals surface area contributed by atoms with Crippen LogP contribution in [0, 0.1) is 0 Å². The summed E-state index contributed by atoms with van der Waals surface area (Å²) < 4.78 is 10.8. The molecule has 1 saturated carbocycles. The summed E-state index contributed by atoms with van der Waals surface area (Å²) in [4.78, 5) is 12.0. The molecular formula is C13H25NO3. The molecule has 0 aliphatic heterocycles. The fraction of sp³-hybridized carbons (Fsp3) is 0.923. The van der Waals surface area contributed by atoms with E-state index in [0.717, 1.165) is 12.8 Å². The monoisotopic (exact) mass is 243 g/mol. The first-order valence-corrected chi connectivity index (χ1v) is 6.36. The van der Waals surface area contributed by atoms with Crippen molar-refractivity contribution in [3.05, 3.63) is 0 Å². The molecule has 1 rings (SSSR count). The van der Waals surface area contributed by atoms with Gasteiger partial charge in [-0.15, -0.1) is 0 Å². The summed E-state index contributed by atoms with van der Waals surface area (Å²) in [6.07, 6.45) is 2.26. The van der Waals surface area contributed by atoms with E-state index < -0.39 is 5.54 Å². The maximum Gasteiger partial charge on any atom is 0.328 e. The van der Waals surface area contributed by atoms with Gasteiger partial charge < -0.3 is 9.47 Å². The smallest absolute Gasteiger partial charge is 0.328 e. The first-order chi connectivity index (χ1) is 7.77. The molecule has 1 fully saturated rings. The summed E-state index contributed by atoms with van der Waals surface area (Å²) in [7, 11) is 0. The van der Waals surface area contributed by atoms with E-state index in [9.17, 15) is 4.79 Å².